The van der Waals surface area contributed by atoms with E-state index in [0.717, 1.165) is 19.5 Å². The van der Waals surface area contributed by atoms with Crippen LogP contribution in [0.1, 0.15) is 0 Å². The number of rotatable bonds is 3. The van der Waals surface area contributed by atoms with Gasteiger partial charge in [-0.15, -0.1) is 11.3 Å². The lowest BCUT2D eigenvalue weighted by atomic mass is 10.3. The van der Waals surface area contributed by atoms with E-state index in [1.165, 1.54) is 0 Å². The number of benzene rings is 1. The molecule has 2 heterocycles. The van der Waals surface area contributed by atoms with Crippen molar-refractivity contribution in [3.05, 3.63) is 38.6 Å². The van der Waals surface area contributed by atoms with Gasteiger partial charge in [0, 0.05) is 10.9 Å². The quantitative estimate of drug-likeness (QED) is 0.704. The monoisotopic (exact) mass is 384 g/mol. The number of imidazole rings is 1. The SMILES string of the molecule is O=C(O)Cn1c(-c2csc(I)c2)nc2ccccc21. The zero-order valence-electron chi connectivity index (χ0n) is 9.71. The van der Waals surface area contributed by atoms with Crippen LogP contribution in [0.3, 0.4) is 0 Å². The summed E-state index contributed by atoms with van der Waals surface area (Å²) >= 11 is 3.87. The highest BCUT2D eigenvalue weighted by atomic mass is 127. The minimum atomic E-state index is -0.866. The van der Waals surface area contributed by atoms with Gasteiger partial charge in [0.25, 0.3) is 0 Å². The van der Waals surface area contributed by atoms with Crippen LogP contribution in [-0.4, -0.2) is 20.6 Å². The third-order valence-electron chi connectivity index (χ3n) is 2.77. The molecule has 1 aromatic carbocycles. The van der Waals surface area contributed by atoms with Crippen LogP contribution in [0.2, 0.25) is 0 Å². The number of thiophene rings is 1. The molecule has 0 unspecified atom stereocenters. The van der Waals surface area contributed by atoms with E-state index in [0.29, 0.717) is 5.82 Å². The van der Waals surface area contributed by atoms with Gasteiger partial charge >= 0.3 is 5.97 Å². The smallest absolute Gasteiger partial charge is 0.323 e. The molecule has 0 aliphatic rings. The molecule has 4 nitrogen and oxygen atoms in total. The van der Waals surface area contributed by atoms with Gasteiger partial charge in [-0.25, -0.2) is 4.98 Å². The third-order valence-corrected chi connectivity index (χ3v) is 4.56. The number of carboxylic acid groups (broad SMARTS) is 1. The van der Waals surface area contributed by atoms with Crippen molar-refractivity contribution in [3.8, 4) is 11.4 Å². The number of carbonyl (C=O) groups is 1. The van der Waals surface area contributed by atoms with Gasteiger partial charge in [-0.1, -0.05) is 12.1 Å². The normalized spacial score (nSPS) is 11.0. The first kappa shape index (κ1) is 12.6. The van der Waals surface area contributed by atoms with Crippen LogP contribution in [0, 0.1) is 2.88 Å². The van der Waals surface area contributed by atoms with Crippen LogP contribution in [-0.2, 0) is 11.3 Å². The molecule has 1 N–H and O–H groups in total. The van der Waals surface area contributed by atoms with Crippen molar-refractivity contribution < 1.29 is 9.90 Å². The Morgan fingerprint density at radius 2 is 2.21 bits per heavy atom. The molecule has 96 valence electrons. The Morgan fingerprint density at radius 1 is 1.42 bits per heavy atom. The summed E-state index contributed by atoms with van der Waals surface area (Å²) in [5.74, 6) is -0.155. The first-order valence-corrected chi connectivity index (χ1v) is 7.52. The number of carboxylic acids is 1. The molecule has 19 heavy (non-hydrogen) atoms. The Kier molecular flexibility index (Phi) is 3.28. The van der Waals surface area contributed by atoms with Gasteiger partial charge in [-0.2, -0.15) is 0 Å². The van der Waals surface area contributed by atoms with E-state index in [2.05, 4.69) is 27.6 Å². The Balaban J connectivity index is 2.25. The predicted octanol–water partition coefficient (Wildman–Crippen LogP) is 3.45. The van der Waals surface area contributed by atoms with Crippen molar-refractivity contribution in [1.82, 2.24) is 9.55 Å². The number of para-hydroxylation sites is 2. The second kappa shape index (κ2) is 4.93. The second-order valence-electron chi connectivity index (χ2n) is 4.04. The van der Waals surface area contributed by atoms with Gasteiger partial charge in [-0.05, 0) is 40.8 Å². The summed E-state index contributed by atoms with van der Waals surface area (Å²) in [5.41, 5.74) is 2.63. The molecule has 3 rings (SSSR count). The Morgan fingerprint density at radius 3 is 2.89 bits per heavy atom. The molecule has 0 amide bonds. The maximum absolute atomic E-state index is 11.1. The number of aromatic nitrogens is 2. The molecule has 0 atom stereocenters. The minimum Gasteiger partial charge on any atom is -0.480 e. The van der Waals surface area contributed by atoms with Crippen LogP contribution in [0.25, 0.3) is 22.4 Å². The first-order chi connectivity index (χ1) is 9.15. The minimum absolute atomic E-state index is 0.0811. The predicted molar refractivity (Wildman–Crippen MR) is 83.4 cm³/mol. The second-order valence-corrected chi connectivity index (χ2v) is 6.85. The fourth-order valence-electron chi connectivity index (χ4n) is 2.02. The molecule has 0 bridgehead atoms. The number of nitrogens with zero attached hydrogens (tertiary/aromatic N) is 2. The van der Waals surface area contributed by atoms with Crippen molar-refractivity contribution in [2.75, 3.05) is 0 Å². The standard InChI is InChI=1S/C13H9IN2O2S/c14-11-5-8(7-19-11)13-15-9-3-1-2-4-10(9)16(13)6-12(17)18/h1-5,7H,6H2,(H,17,18). The molecular weight excluding hydrogens is 375 g/mol. The number of hydrogen-bond acceptors (Lipinski definition) is 3. The molecule has 0 radical (unpaired) electrons. The highest BCUT2D eigenvalue weighted by Crippen LogP contribution is 2.29. The van der Waals surface area contributed by atoms with E-state index in [9.17, 15) is 4.79 Å². The van der Waals surface area contributed by atoms with E-state index >= 15 is 0 Å². The van der Waals surface area contributed by atoms with E-state index in [4.69, 9.17) is 5.11 Å². The van der Waals surface area contributed by atoms with Crippen molar-refractivity contribution in [2.24, 2.45) is 0 Å². The van der Waals surface area contributed by atoms with E-state index in [1.807, 2.05) is 35.7 Å². The van der Waals surface area contributed by atoms with Crippen LogP contribution in [0.5, 0.6) is 0 Å². The topological polar surface area (TPSA) is 55.1 Å². The van der Waals surface area contributed by atoms with Gasteiger partial charge in [0.05, 0.1) is 13.9 Å². The molecule has 2 aromatic heterocycles. The van der Waals surface area contributed by atoms with Crippen molar-refractivity contribution in [2.45, 2.75) is 6.54 Å². The largest absolute Gasteiger partial charge is 0.480 e. The first-order valence-electron chi connectivity index (χ1n) is 5.56. The zero-order chi connectivity index (χ0) is 13.4. The van der Waals surface area contributed by atoms with E-state index in [1.54, 1.807) is 15.9 Å². The number of aliphatic carboxylic acids is 1. The summed E-state index contributed by atoms with van der Waals surface area (Å²) in [5, 5.41) is 11.1. The van der Waals surface area contributed by atoms with Crippen molar-refractivity contribution >= 4 is 50.9 Å². The lowest BCUT2D eigenvalue weighted by Gasteiger charge is -2.04. The van der Waals surface area contributed by atoms with E-state index in [-0.39, 0.29) is 6.54 Å². The van der Waals surface area contributed by atoms with Crippen molar-refractivity contribution in [1.29, 1.82) is 0 Å². The number of hydrogen-bond donors (Lipinski definition) is 1. The average Bonchev–Trinajstić information content (AvgIpc) is 2.94. The number of halogens is 1. The Bertz CT molecular complexity index is 763. The zero-order valence-corrected chi connectivity index (χ0v) is 12.7. The fourth-order valence-corrected chi connectivity index (χ4v) is 3.34. The Hall–Kier alpha value is -1.41. The summed E-state index contributed by atoms with van der Waals surface area (Å²) in [6.07, 6.45) is 0. The van der Waals surface area contributed by atoms with Gasteiger partial charge in [0.1, 0.15) is 12.4 Å². The van der Waals surface area contributed by atoms with Gasteiger partial charge in [0.15, 0.2) is 0 Å². The molecule has 0 fully saturated rings. The summed E-state index contributed by atoms with van der Waals surface area (Å²) in [6, 6.07) is 9.61. The molecule has 0 spiro atoms. The molecule has 3 aromatic rings. The molecule has 6 heteroatoms. The van der Waals surface area contributed by atoms with Crippen LogP contribution < -0.4 is 0 Å². The van der Waals surface area contributed by atoms with Gasteiger partial charge in [0.2, 0.25) is 0 Å². The molecular formula is C13H9IN2O2S. The highest BCUT2D eigenvalue weighted by molar-refractivity contribution is 14.1. The summed E-state index contributed by atoms with van der Waals surface area (Å²) in [4.78, 5) is 15.6. The van der Waals surface area contributed by atoms with Gasteiger partial charge in [-0.3, -0.25) is 4.79 Å². The van der Waals surface area contributed by atoms with Crippen LogP contribution in [0.15, 0.2) is 35.7 Å². The summed E-state index contributed by atoms with van der Waals surface area (Å²) in [6.45, 7) is -0.0811. The Labute approximate surface area is 126 Å². The summed E-state index contributed by atoms with van der Waals surface area (Å²) < 4.78 is 2.90. The van der Waals surface area contributed by atoms with E-state index < -0.39 is 5.97 Å². The fraction of sp³-hybridized carbons (Fsp3) is 0.0769. The lowest BCUT2D eigenvalue weighted by Crippen LogP contribution is -2.09. The summed E-state index contributed by atoms with van der Waals surface area (Å²) in [7, 11) is 0. The van der Waals surface area contributed by atoms with Crippen LogP contribution in [0.4, 0.5) is 0 Å². The molecule has 0 aliphatic heterocycles. The molecule has 0 aliphatic carbocycles. The highest BCUT2D eigenvalue weighted by Gasteiger charge is 2.15. The third kappa shape index (κ3) is 2.37. The van der Waals surface area contributed by atoms with Gasteiger partial charge < -0.3 is 9.67 Å². The lowest BCUT2D eigenvalue weighted by molar-refractivity contribution is -0.137. The maximum Gasteiger partial charge on any atom is 0.323 e. The average molecular weight is 384 g/mol. The molecule has 0 saturated heterocycles. The number of fused-ring (bicyclic) bond motifs is 1. The van der Waals surface area contributed by atoms with Crippen LogP contribution >= 0.6 is 33.9 Å². The van der Waals surface area contributed by atoms with Crippen molar-refractivity contribution in [3.63, 3.8) is 0 Å². The maximum atomic E-state index is 11.1. The molecule has 0 saturated carbocycles.